The van der Waals surface area contributed by atoms with Gasteiger partial charge in [-0.15, -0.1) is 0 Å². The zero-order valence-corrected chi connectivity index (χ0v) is 14.7. The third-order valence-electron chi connectivity index (χ3n) is 3.83. The second kappa shape index (κ2) is 9.54. The molecule has 2 N–H and O–H groups in total. The van der Waals surface area contributed by atoms with Crippen LogP contribution in [0.3, 0.4) is 0 Å². The zero-order chi connectivity index (χ0) is 18.1. The molecule has 2 aromatic rings. The predicted molar refractivity (Wildman–Crippen MR) is 96.0 cm³/mol. The number of rotatable bonds is 8. The first kappa shape index (κ1) is 18.6. The molecule has 0 unspecified atom stereocenters. The van der Waals surface area contributed by atoms with E-state index in [0.29, 0.717) is 24.6 Å². The van der Waals surface area contributed by atoms with Crippen LogP contribution < -0.4 is 20.1 Å². The van der Waals surface area contributed by atoms with Gasteiger partial charge in [0.05, 0.1) is 20.3 Å². The molecule has 0 aliphatic carbocycles. The van der Waals surface area contributed by atoms with Crippen molar-refractivity contribution in [1.82, 2.24) is 10.6 Å². The van der Waals surface area contributed by atoms with Gasteiger partial charge in [-0.3, -0.25) is 0 Å². The summed E-state index contributed by atoms with van der Waals surface area (Å²) in [6, 6.07) is 15.0. The van der Waals surface area contributed by atoms with Crippen molar-refractivity contribution in [2.45, 2.75) is 12.6 Å². The minimum absolute atomic E-state index is 0.196. The Morgan fingerprint density at radius 3 is 2.36 bits per heavy atom. The van der Waals surface area contributed by atoms with E-state index >= 15 is 0 Å². The zero-order valence-electron chi connectivity index (χ0n) is 14.7. The monoisotopic (exact) mass is 344 g/mol. The number of hydrogen-bond donors (Lipinski definition) is 2. The molecule has 0 aliphatic rings. The van der Waals surface area contributed by atoms with Crippen LogP contribution in [0.4, 0.5) is 4.79 Å². The number of para-hydroxylation sites is 1. The van der Waals surface area contributed by atoms with Crippen molar-refractivity contribution in [1.29, 1.82) is 0 Å². The van der Waals surface area contributed by atoms with Crippen LogP contribution in [0.2, 0.25) is 0 Å². The van der Waals surface area contributed by atoms with Crippen molar-refractivity contribution in [2.75, 3.05) is 27.9 Å². The van der Waals surface area contributed by atoms with Gasteiger partial charge in [0, 0.05) is 25.8 Å². The number of urea groups is 1. The van der Waals surface area contributed by atoms with Crippen molar-refractivity contribution in [2.24, 2.45) is 0 Å². The highest BCUT2D eigenvalue weighted by Crippen LogP contribution is 2.30. The van der Waals surface area contributed by atoms with Crippen molar-refractivity contribution in [3.8, 4) is 11.5 Å². The number of carbonyl (C=O) groups excluding carboxylic acids is 1. The van der Waals surface area contributed by atoms with Gasteiger partial charge in [0.1, 0.15) is 0 Å². The molecular formula is C19H24N2O4. The average Bonchev–Trinajstić information content (AvgIpc) is 2.67. The standard InChI is InChI=1S/C19H24N2O4/c1-23-16-11-7-10-15(18(16)25-3)12-20-19(22)21-13-17(24-2)14-8-5-4-6-9-14/h4-11,17H,12-13H2,1-3H3,(H2,20,21,22)/t17-/m1/s1. The maximum Gasteiger partial charge on any atom is 0.315 e. The van der Waals surface area contributed by atoms with E-state index < -0.39 is 0 Å². The summed E-state index contributed by atoms with van der Waals surface area (Å²) in [7, 11) is 4.78. The lowest BCUT2D eigenvalue weighted by Crippen LogP contribution is -2.37. The van der Waals surface area contributed by atoms with Gasteiger partial charge in [-0.25, -0.2) is 4.79 Å². The van der Waals surface area contributed by atoms with Gasteiger partial charge in [0.2, 0.25) is 0 Å². The molecular weight excluding hydrogens is 320 g/mol. The topological polar surface area (TPSA) is 68.8 Å². The summed E-state index contributed by atoms with van der Waals surface area (Å²) in [5, 5.41) is 5.64. The molecule has 134 valence electrons. The number of methoxy groups -OCH3 is 3. The number of nitrogens with one attached hydrogen (secondary N) is 2. The smallest absolute Gasteiger partial charge is 0.315 e. The van der Waals surface area contributed by atoms with E-state index in [9.17, 15) is 4.79 Å². The Balaban J connectivity index is 1.89. The fraction of sp³-hybridized carbons (Fsp3) is 0.316. The largest absolute Gasteiger partial charge is 0.493 e. The molecule has 2 rings (SSSR count). The Hall–Kier alpha value is -2.73. The molecule has 0 saturated heterocycles. The minimum atomic E-state index is -0.275. The molecule has 0 fully saturated rings. The van der Waals surface area contributed by atoms with Crippen LogP contribution in [-0.2, 0) is 11.3 Å². The molecule has 0 saturated carbocycles. The fourth-order valence-corrected chi connectivity index (χ4v) is 2.52. The van der Waals surface area contributed by atoms with Gasteiger partial charge in [-0.1, -0.05) is 42.5 Å². The first-order valence-electron chi connectivity index (χ1n) is 7.99. The van der Waals surface area contributed by atoms with Gasteiger partial charge in [0.15, 0.2) is 11.5 Å². The Bertz CT molecular complexity index is 676. The van der Waals surface area contributed by atoms with Crippen LogP contribution in [-0.4, -0.2) is 33.9 Å². The molecule has 2 amide bonds. The highest BCUT2D eigenvalue weighted by atomic mass is 16.5. The molecule has 6 heteroatoms. The average molecular weight is 344 g/mol. The summed E-state index contributed by atoms with van der Waals surface area (Å²) in [5.41, 5.74) is 1.85. The second-order valence-corrected chi connectivity index (χ2v) is 5.35. The Morgan fingerprint density at radius 1 is 0.960 bits per heavy atom. The highest BCUT2D eigenvalue weighted by Gasteiger charge is 2.13. The number of ether oxygens (including phenoxy) is 3. The molecule has 0 spiro atoms. The van der Waals surface area contributed by atoms with Gasteiger partial charge >= 0.3 is 6.03 Å². The van der Waals surface area contributed by atoms with Crippen LogP contribution in [0, 0.1) is 0 Å². The van der Waals surface area contributed by atoms with Crippen molar-refractivity contribution in [3.05, 3.63) is 59.7 Å². The quantitative estimate of drug-likeness (QED) is 0.773. The third-order valence-corrected chi connectivity index (χ3v) is 3.83. The van der Waals surface area contributed by atoms with Gasteiger partial charge in [-0.2, -0.15) is 0 Å². The molecule has 0 bridgehead atoms. The first-order valence-corrected chi connectivity index (χ1v) is 7.99. The van der Waals surface area contributed by atoms with Gasteiger partial charge in [0.25, 0.3) is 0 Å². The summed E-state index contributed by atoms with van der Waals surface area (Å²) < 4.78 is 16.1. The Kier molecular flexibility index (Phi) is 7.10. The fourth-order valence-electron chi connectivity index (χ4n) is 2.52. The van der Waals surface area contributed by atoms with Crippen molar-refractivity contribution < 1.29 is 19.0 Å². The van der Waals surface area contributed by atoms with Crippen molar-refractivity contribution >= 4 is 6.03 Å². The first-order chi connectivity index (χ1) is 12.2. The SMILES string of the molecule is COc1cccc(CNC(=O)NC[C@@H](OC)c2ccccc2)c1OC. The number of hydrogen-bond acceptors (Lipinski definition) is 4. The lowest BCUT2D eigenvalue weighted by molar-refractivity contribution is 0.104. The molecule has 1 atom stereocenters. The lowest BCUT2D eigenvalue weighted by Gasteiger charge is -2.17. The minimum Gasteiger partial charge on any atom is -0.493 e. The van der Waals surface area contributed by atoms with E-state index in [4.69, 9.17) is 14.2 Å². The van der Waals surface area contributed by atoms with E-state index in [1.807, 2.05) is 48.5 Å². The number of benzene rings is 2. The second-order valence-electron chi connectivity index (χ2n) is 5.35. The molecule has 25 heavy (non-hydrogen) atoms. The van der Waals surface area contributed by atoms with Gasteiger partial charge < -0.3 is 24.8 Å². The van der Waals surface area contributed by atoms with Crippen LogP contribution in [0.25, 0.3) is 0 Å². The Labute approximate surface area is 148 Å². The van der Waals surface area contributed by atoms with Crippen LogP contribution in [0.15, 0.2) is 48.5 Å². The van der Waals surface area contributed by atoms with E-state index in [-0.39, 0.29) is 12.1 Å². The normalized spacial score (nSPS) is 11.5. The molecule has 0 radical (unpaired) electrons. The van der Waals surface area contributed by atoms with Gasteiger partial charge in [-0.05, 0) is 11.6 Å². The van der Waals surface area contributed by atoms with E-state index in [0.717, 1.165) is 11.1 Å². The number of carbonyl (C=O) groups is 1. The summed E-state index contributed by atoms with van der Waals surface area (Å²) in [4.78, 5) is 12.1. The lowest BCUT2D eigenvalue weighted by atomic mass is 10.1. The van der Waals surface area contributed by atoms with E-state index in [2.05, 4.69) is 10.6 Å². The number of amides is 2. The summed E-state index contributed by atoms with van der Waals surface area (Å²) in [6.07, 6.45) is -0.196. The summed E-state index contributed by atoms with van der Waals surface area (Å²) >= 11 is 0. The van der Waals surface area contributed by atoms with Crippen LogP contribution in [0.5, 0.6) is 11.5 Å². The summed E-state index contributed by atoms with van der Waals surface area (Å²) in [5.74, 6) is 1.25. The maximum absolute atomic E-state index is 12.1. The highest BCUT2D eigenvalue weighted by molar-refractivity contribution is 5.74. The predicted octanol–water partition coefficient (Wildman–Crippen LogP) is 2.89. The molecule has 6 nitrogen and oxygen atoms in total. The molecule has 0 heterocycles. The molecule has 0 aliphatic heterocycles. The third kappa shape index (κ3) is 5.12. The maximum atomic E-state index is 12.1. The van der Waals surface area contributed by atoms with E-state index in [1.165, 1.54) is 0 Å². The summed E-state index contributed by atoms with van der Waals surface area (Å²) in [6.45, 7) is 0.705. The van der Waals surface area contributed by atoms with Crippen LogP contribution >= 0.6 is 0 Å². The molecule has 0 aromatic heterocycles. The van der Waals surface area contributed by atoms with Crippen LogP contribution in [0.1, 0.15) is 17.2 Å². The van der Waals surface area contributed by atoms with Crippen molar-refractivity contribution in [3.63, 3.8) is 0 Å². The molecule has 2 aromatic carbocycles. The van der Waals surface area contributed by atoms with E-state index in [1.54, 1.807) is 21.3 Å². The Morgan fingerprint density at radius 2 is 1.72 bits per heavy atom.